The van der Waals surface area contributed by atoms with E-state index in [1.54, 1.807) is 0 Å². The van der Waals surface area contributed by atoms with Crippen LogP contribution in [0.25, 0.3) is 0 Å². The van der Waals surface area contributed by atoms with Crippen molar-refractivity contribution in [2.45, 2.75) is 40.5 Å². The minimum Gasteiger partial charge on any atom is -0.365 e. The Morgan fingerprint density at radius 2 is 2.00 bits per heavy atom. The van der Waals surface area contributed by atoms with Crippen LogP contribution in [0.5, 0.6) is 0 Å². The second kappa shape index (κ2) is 3.34. The predicted molar refractivity (Wildman–Crippen MR) is 53.3 cm³/mol. The van der Waals surface area contributed by atoms with E-state index in [1.165, 1.54) is 11.3 Å². The third-order valence-corrected chi connectivity index (χ3v) is 1.92. The van der Waals surface area contributed by atoms with E-state index < -0.39 is 0 Å². The van der Waals surface area contributed by atoms with E-state index in [0.717, 1.165) is 12.8 Å². The van der Waals surface area contributed by atoms with Crippen LogP contribution in [0.1, 0.15) is 39.0 Å². The van der Waals surface area contributed by atoms with Crippen LogP contribution in [-0.4, -0.2) is 4.98 Å². The van der Waals surface area contributed by atoms with Gasteiger partial charge in [-0.2, -0.15) is 0 Å². The Morgan fingerprint density at radius 1 is 1.33 bits per heavy atom. The number of aromatic amines is 1. The lowest BCUT2D eigenvalue weighted by Crippen LogP contribution is -2.08. The molecule has 0 aliphatic heterocycles. The van der Waals surface area contributed by atoms with Crippen LogP contribution in [0.3, 0.4) is 0 Å². The number of hydrogen-bond donors (Lipinski definition) is 1. The monoisotopic (exact) mass is 165 g/mol. The first-order valence-electron chi connectivity index (χ1n) is 4.67. The number of hydrogen-bond acceptors (Lipinski definition) is 0. The molecule has 0 bridgehead atoms. The van der Waals surface area contributed by atoms with Crippen molar-refractivity contribution in [3.05, 3.63) is 23.5 Å². The fourth-order valence-electron chi connectivity index (χ4n) is 1.41. The second-order valence-corrected chi connectivity index (χ2v) is 4.62. The van der Waals surface area contributed by atoms with Crippen molar-refractivity contribution in [1.29, 1.82) is 0 Å². The maximum absolute atomic E-state index is 3.28. The number of aryl methyl sites for hydroxylation is 1. The smallest absolute Gasteiger partial charge is 0.0147 e. The molecule has 0 amide bonds. The lowest BCUT2D eigenvalue weighted by molar-refractivity contribution is 0.411. The number of nitrogens with one attached hydrogen (secondary N) is 1. The van der Waals surface area contributed by atoms with Gasteiger partial charge in [-0.05, 0) is 29.9 Å². The minimum atomic E-state index is 0.396. The van der Waals surface area contributed by atoms with E-state index >= 15 is 0 Å². The van der Waals surface area contributed by atoms with Crippen LogP contribution in [-0.2, 0) is 12.8 Å². The van der Waals surface area contributed by atoms with Gasteiger partial charge in [0.05, 0.1) is 0 Å². The molecular formula is C11H19N. The number of H-pyrrole nitrogens is 1. The minimum absolute atomic E-state index is 0.396. The van der Waals surface area contributed by atoms with Crippen molar-refractivity contribution in [1.82, 2.24) is 4.98 Å². The standard InChI is InChI=1S/C11H19N/c1-5-10-6-9(8-12-10)7-11(2,3)4/h6,8,12H,5,7H2,1-4H3. The van der Waals surface area contributed by atoms with Gasteiger partial charge in [0, 0.05) is 11.9 Å². The Balaban J connectivity index is 2.64. The Hall–Kier alpha value is -0.720. The van der Waals surface area contributed by atoms with Crippen LogP contribution < -0.4 is 0 Å². The van der Waals surface area contributed by atoms with Crippen molar-refractivity contribution >= 4 is 0 Å². The van der Waals surface area contributed by atoms with Crippen LogP contribution in [0.4, 0.5) is 0 Å². The molecule has 1 aromatic rings. The third kappa shape index (κ3) is 2.72. The fourth-order valence-corrected chi connectivity index (χ4v) is 1.41. The third-order valence-electron chi connectivity index (χ3n) is 1.92. The molecule has 0 spiro atoms. The maximum Gasteiger partial charge on any atom is 0.0147 e. The molecular weight excluding hydrogens is 146 g/mol. The molecule has 0 unspecified atom stereocenters. The Bertz CT molecular complexity index is 240. The molecule has 0 saturated carbocycles. The summed E-state index contributed by atoms with van der Waals surface area (Å²) in [6.45, 7) is 8.98. The van der Waals surface area contributed by atoms with Crippen molar-refractivity contribution in [2.24, 2.45) is 5.41 Å². The average Bonchev–Trinajstić information content (AvgIpc) is 2.32. The molecule has 0 aliphatic rings. The van der Waals surface area contributed by atoms with E-state index in [0.29, 0.717) is 5.41 Å². The summed E-state index contributed by atoms with van der Waals surface area (Å²) >= 11 is 0. The molecule has 0 saturated heterocycles. The highest BCUT2D eigenvalue weighted by Crippen LogP contribution is 2.20. The molecule has 0 fully saturated rings. The van der Waals surface area contributed by atoms with Gasteiger partial charge in [-0.25, -0.2) is 0 Å². The van der Waals surface area contributed by atoms with Crippen molar-refractivity contribution in [3.8, 4) is 0 Å². The lowest BCUT2D eigenvalue weighted by atomic mass is 9.89. The molecule has 1 nitrogen and oxygen atoms in total. The van der Waals surface area contributed by atoms with E-state index in [-0.39, 0.29) is 0 Å². The summed E-state index contributed by atoms with van der Waals surface area (Å²) in [6, 6.07) is 2.27. The zero-order chi connectivity index (χ0) is 9.19. The van der Waals surface area contributed by atoms with Crippen LogP contribution in [0, 0.1) is 5.41 Å². The van der Waals surface area contributed by atoms with Crippen LogP contribution >= 0.6 is 0 Å². The van der Waals surface area contributed by atoms with Gasteiger partial charge in [0.1, 0.15) is 0 Å². The molecule has 12 heavy (non-hydrogen) atoms. The molecule has 1 heteroatoms. The van der Waals surface area contributed by atoms with Gasteiger partial charge in [-0.1, -0.05) is 27.7 Å². The summed E-state index contributed by atoms with van der Waals surface area (Å²) in [5, 5.41) is 0. The van der Waals surface area contributed by atoms with E-state index in [2.05, 4.69) is 44.9 Å². The topological polar surface area (TPSA) is 15.8 Å². The zero-order valence-electron chi connectivity index (χ0n) is 8.57. The summed E-state index contributed by atoms with van der Waals surface area (Å²) < 4.78 is 0. The van der Waals surface area contributed by atoms with Gasteiger partial charge in [-0.15, -0.1) is 0 Å². The largest absolute Gasteiger partial charge is 0.365 e. The SMILES string of the molecule is CCc1cc(CC(C)(C)C)c[nH]1. The molecule has 0 atom stereocenters. The first-order valence-corrected chi connectivity index (χ1v) is 4.67. The van der Waals surface area contributed by atoms with Gasteiger partial charge in [0.15, 0.2) is 0 Å². The molecule has 1 heterocycles. The molecule has 68 valence electrons. The zero-order valence-corrected chi connectivity index (χ0v) is 8.57. The average molecular weight is 165 g/mol. The normalized spacial score (nSPS) is 12.0. The Labute approximate surface area is 75.2 Å². The van der Waals surface area contributed by atoms with Crippen molar-refractivity contribution in [2.75, 3.05) is 0 Å². The fraction of sp³-hybridized carbons (Fsp3) is 0.636. The van der Waals surface area contributed by atoms with Crippen molar-refractivity contribution < 1.29 is 0 Å². The highest BCUT2D eigenvalue weighted by molar-refractivity contribution is 5.17. The van der Waals surface area contributed by atoms with Gasteiger partial charge >= 0.3 is 0 Å². The summed E-state index contributed by atoms with van der Waals surface area (Å²) in [7, 11) is 0. The molecule has 0 radical (unpaired) electrons. The molecule has 0 aromatic carbocycles. The summed E-state index contributed by atoms with van der Waals surface area (Å²) in [4.78, 5) is 3.28. The van der Waals surface area contributed by atoms with E-state index in [9.17, 15) is 0 Å². The van der Waals surface area contributed by atoms with Gasteiger partial charge in [-0.3, -0.25) is 0 Å². The predicted octanol–water partition coefficient (Wildman–Crippen LogP) is 3.17. The van der Waals surface area contributed by atoms with Gasteiger partial charge in [0.2, 0.25) is 0 Å². The van der Waals surface area contributed by atoms with Gasteiger partial charge < -0.3 is 4.98 Å². The summed E-state index contributed by atoms with van der Waals surface area (Å²) in [5.74, 6) is 0. The molecule has 1 N–H and O–H groups in total. The summed E-state index contributed by atoms with van der Waals surface area (Å²) in [6.07, 6.45) is 4.39. The van der Waals surface area contributed by atoms with E-state index in [4.69, 9.17) is 0 Å². The van der Waals surface area contributed by atoms with Crippen LogP contribution in [0.15, 0.2) is 12.3 Å². The van der Waals surface area contributed by atoms with Crippen molar-refractivity contribution in [3.63, 3.8) is 0 Å². The molecule has 0 aliphatic carbocycles. The highest BCUT2D eigenvalue weighted by Gasteiger charge is 2.11. The first kappa shape index (κ1) is 9.37. The number of rotatable bonds is 2. The number of aromatic nitrogens is 1. The Morgan fingerprint density at radius 3 is 2.42 bits per heavy atom. The second-order valence-electron chi connectivity index (χ2n) is 4.62. The summed E-state index contributed by atoms with van der Waals surface area (Å²) in [5.41, 5.74) is 3.17. The lowest BCUT2D eigenvalue weighted by Gasteiger charge is -2.16. The Kier molecular flexibility index (Phi) is 2.61. The highest BCUT2D eigenvalue weighted by atomic mass is 14.7. The first-order chi connectivity index (χ1) is 5.51. The van der Waals surface area contributed by atoms with Gasteiger partial charge in [0.25, 0.3) is 0 Å². The van der Waals surface area contributed by atoms with Crippen LogP contribution in [0.2, 0.25) is 0 Å². The maximum atomic E-state index is 3.28. The molecule has 1 rings (SSSR count). The van der Waals surface area contributed by atoms with E-state index in [1.807, 2.05) is 0 Å². The molecule has 1 aromatic heterocycles. The quantitative estimate of drug-likeness (QED) is 0.693.